The number of carbonyl (C=O) groups excluding carboxylic acids is 1. The summed E-state index contributed by atoms with van der Waals surface area (Å²) in [6.45, 7) is 4.11. The first-order valence-corrected chi connectivity index (χ1v) is 8.42. The van der Waals surface area contributed by atoms with E-state index in [1.165, 1.54) is 0 Å². The van der Waals surface area contributed by atoms with Crippen LogP contribution in [0.15, 0.2) is 28.7 Å². The van der Waals surface area contributed by atoms with Crippen LogP contribution in [-0.4, -0.2) is 36.7 Å². The zero-order valence-electron chi connectivity index (χ0n) is 12.5. The molecule has 1 aliphatic rings. The Morgan fingerprint density at radius 3 is 3.14 bits per heavy atom. The van der Waals surface area contributed by atoms with Crippen LogP contribution in [0.5, 0.6) is 0 Å². The van der Waals surface area contributed by atoms with Gasteiger partial charge in [-0.1, -0.05) is 35.3 Å². The lowest BCUT2D eigenvalue weighted by Gasteiger charge is -2.33. The molecule has 0 saturated carbocycles. The van der Waals surface area contributed by atoms with E-state index in [4.69, 9.17) is 4.74 Å². The Balaban J connectivity index is 1.84. The second-order valence-corrected chi connectivity index (χ2v) is 6.32. The highest BCUT2D eigenvalue weighted by atomic mass is 79.9. The highest BCUT2D eigenvalue weighted by Crippen LogP contribution is 2.20. The Morgan fingerprint density at radius 1 is 1.52 bits per heavy atom. The van der Waals surface area contributed by atoms with E-state index in [0.29, 0.717) is 13.2 Å². The summed E-state index contributed by atoms with van der Waals surface area (Å²) in [5, 5.41) is 3.49. The van der Waals surface area contributed by atoms with Gasteiger partial charge in [-0.2, -0.15) is 0 Å². The normalized spacial score (nSPS) is 18.4. The maximum absolute atomic E-state index is 12.0. The molecule has 0 unspecified atom stereocenters. The summed E-state index contributed by atoms with van der Waals surface area (Å²) in [4.78, 5) is 13.8. The summed E-state index contributed by atoms with van der Waals surface area (Å²) in [7, 11) is 0. The quantitative estimate of drug-likeness (QED) is 0.803. The van der Waals surface area contributed by atoms with Gasteiger partial charge in [0.05, 0.1) is 6.61 Å². The monoisotopic (exact) mass is 354 g/mol. The number of ether oxygens (including phenoxy) is 1. The molecule has 1 atom stereocenters. The fourth-order valence-electron chi connectivity index (χ4n) is 2.47. The summed E-state index contributed by atoms with van der Waals surface area (Å²) >= 11 is 3.47. The zero-order chi connectivity index (χ0) is 15.1. The van der Waals surface area contributed by atoms with E-state index in [0.717, 1.165) is 42.4 Å². The highest BCUT2D eigenvalue weighted by molar-refractivity contribution is 9.10. The number of unbranched alkanes of at least 4 members (excludes halogenated alkanes) is 1. The number of rotatable bonds is 5. The number of carbonyl (C=O) groups is 1. The van der Waals surface area contributed by atoms with Gasteiger partial charge in [-0.05, 0) is 37.5 Å². The number of nitrogens with one attached hydrogen (secondary N) is 1. The van der Waals surface area contributed by atoms with Crippen molar-refractivity contribution in [3.63, 3.8) is 0 Å². The molecule has 21 heavy (non-hydrogen) atoms. The topological polar surface area (TPSA) is 41.6 Å². The van der Waals surface area contributed by atoms with Crippen LogP contribution in [-0.2, 0) is 4.74 Å². The van der Waals surface area contributed by atoms with Crippen LogP contribution >= 0.6 is 15.9 Å². The van der Waals surface area contributed by atoms with Crippen molar-refractivity contribution in [1.29, 1.82) is 0 Å². The number of halogens is 1. The zero-order valence-corrected chi connectivity index (χ0v) is 14.1. The molecule has 5 heteroatoms. The van der Waals surface area contributed by atoms with Crippen LogP contribution in [0.3, 0.4) is 0 Å². The van der Waals surface area contributed by atoms with Gasteiger partial charge in [-0.3, -0.25) is 0 Å². The molecule has 0 radical (unpaired) electrons. The summed E-state index contributed by atoms with van der Waals surface area (Å²) in [5.74, 6) is 0. The molecule has 116 valence electrons. The fourth-order valence-corrected chi connectivity index (χ4v) is 2.87. The maximum Gasteiger partial charge on any atom is 0.409 e. The van der Waals surface area contributed by atoms with Crippen molar-refractivity contribution in [2.75, 3.05) is 25.0 Å². The molecule has 1 heterocycles. The van der Waals surface area contributed by atoms with E-state index in [9.17, 15) is 4.79 Å². The smallest absolute Gasteiger partial charge is 0.409 e. The number of benzene rings is 1. The lowest BCUT2D eigenvalue weighted by atomic mass is 10.1. The van der Waals surface area contributed by atoms with Crippen molar-refractivity contribution in [1.82, 2.24) is 4.90 Å². The molecular formula is C16H23BrN2O2. The van der Waals surface area contributed by atoms with Gasteiger partial charge < -0.3 is 15.0 Å². The minimum Gasteiger partial charge on any atom is -0.449 e. The van der Waals surface area contributed by atoms with E-state index in [1.807, 2.05) is 23.1 Å². The summed E-state index contributed by atoms with van der Waals surface area (Å²) < 4.78 is 6.35. The van der Waals surface area contributed by atoms with Gasteiger partial charge >= 0.3 is 6.09 Å². The van der Waals surface area contributed by atoms with Gasteiger partial charge in [0.2, 0.25) is 0 Å². The lowest BCUT2D eigenvalue weighted by Crippen LogP contribution is -2.45. The van der Waals surface area contributed by atoms with Crippen LogP contribution in [0, 0.1) is 0 Å². The predicted octanol–water partition coefficient (Wildman–Crippen LogP) is 4.26. The first kappa shape index (κ1) is 16.1. The van der Waals surface area contributed by atoms with Gasteiger partial charge in [0.1, 0.15) is 0 Å². The van der Waals surface area contributed by atoms with Crippen LogP contribution in [0.1, 0.15) is 32.6 Å². The molecule has 1 aliphatic heterocycles. The van der Waals surface area contributed by atoms with Crippen molar-refractivity contribution < 1.29 is 9.53 Å². The maximum atomic E-state index is 12.0. The lowest BCUT2D eigenvalue weighted by molar-refractivity contribution is 0.0920. The fraction of sp³-hybridized carbons (Fsp3) is 0.562. The van der Waals surface area contributed by atoms with E-state index >= 15 is 0 Å². The molecule has 0 aromatic heterocycles. The molecule has 1 N–H and O–H groups in total. The minimum absolute atomic E-state index is 0.177. The largest absolute Gasteiger partial charge is 0.449 e. The van der Waals surface area contributed by atoms with Gasteiger partial charge in [0.25, 0.3) is 0 Å². The number of amides is 1. The van der Waals surface area contributed by atoms with Gasteiger partial charge in [-0.15, -0.1) is 0 Å². The number of likely N-dealkylation sites (tertiary alicyclic amines) is 1. The molecule has 1 fully saturated rings. The molecule has 1 saturated heterocycles. The molecule has 0 aliphatic carbocycles. The first-order chi connectivity index (χ1) is 10.2. The van der Waals surface area contributed by atoms with Crippen molar-refractivity contribution >= 4 is 27.7 Å². The molecule has 1 aromatic rings. The second kappa shape index (κ2) is 8.27. The van der Waals surface area contributed by atoms with Crippen LogP contribution < -0.4 is 5.32 Å². The number of hydrogen-bond donors (Lipinski definition) is 1. The Bertz CT molecular complexity index is 467. The minimum atomic E-state index is -0.177. The average molecular weight is 355 g/mol. The number of anilines is 1. The third-order valence-electron chi connectivity index (χ3n) is 3.60. The Labute approximate surface area is 135 Å². The van der Waals surface area contributed by atoms with Crippen molar-refractivity contribution in [3.05, 3.63) is 28.7 Å². The Hall–Kier alpha value is -1.23. The summed E-state index contributed by atoms with van der Waals surface area (Å²) in [6, 6.07) is 8.39. The molecule has 1 aromatic carbocycles. The average Bonchev–Trinajstić information content (AvgIpc) is 2.48. The predicted molar refractivity (Wildman–Crippen MR) is 88.6 cm³/mol. The van der Waals surface area contributed by atoms with Crippen molar-refractivity contribution in [2.45, 2.75) is 38.6 Å². The summed E-state index contributed by atoms with van der Waals surface area (Å²) in [6.07, 6.45) is 3.88. The van der Waals surface area contributed by atoms with Gasteiger partial charge in [0, 0.05) is 29.3 Å². The SMILES string of the molecule is CCCCOC(=O)N1CCC[C@@H](Nc2cccc(Br)c2)C1. The van der Waals surface area contributed by atoms with E-state index in [2.05, 4.69) is 34.2 Å². The summed E-state index contributed by atoms with van der Waals surface area (Å²) in [5.41, 5.74) is 1.08. The van der Waals surface area contributed by atoms with Crippen LogP contribution in [0.2, 0.25) is 0 Å². The molecule has 2 rings (SSSR count). The van der Waals surface area contributed by atoms with Crippen LogP contribution in [0.25, 0.3) is 0 Å². The van der Waals surface area contributed by atoms with E-state index in [1.54, 1.807) is 0 Å². The number of piperidine rings is 1. The molecular weight excluding hydrogens is 332 g/mol. The molecule has 1 amide bonds. The Morgan fingerprint density at radius 2 is 2.38 bits per heavy atom. The van der Waals surface area contributed by atoms with Gasteiger partial charge in [-0.25, -0.2) is 4.79 Å². The number of nitrogens with zero attached hydrogens (tertiary/aromatic N) is 1. The van der Waals surface area contributed by atoms with Crippen molar-refractivity contribution in [3.8, 4) is 0 Å². The third-order valence-corrected chi connectivity index (χ3v) is 4.09. The first-order valence-electron chi connectivity index (χ1n) is 7.63. The van der Waals surface area contributed by atoms with Crippen LogP contribution in [0.4, 0.5) is 10.5 Å². The third kappa shape index (κ3) is 5.23. The second-order valence-electron chi connectivity index (χ2n) is 5.41. The highest BCUT2D eigenvalue weighted by Gasteiger charge is 2.24. The molecule has 0 bridgehead atoms. The Kier molecular flexibility index (Phi) is 6.36. The van der Waals surface area contributed by atoms with Crippen molar-refractivity contribution in [2.24, 2.45) is 0 Å². The molecule has 4 nitrogen and oxygen atoms in total. The number of hydrogen-bond acceptors (Lipinski definition) is 3. The van der Waals surface area contributed by atoms with E-state index in [-0.39, 0.29) is 12.1 Å². The van der Waals surface area contributed by atoms with E-state index < -0.39 is 0 Å². The molecule has 0 spiro atoms. The standard InChI is InChI=1S/C16H23BrN2O2/c1-2-3-10-21-16(20)19-9-5-8-15(12-19)18-14-7-4-6-13(17)11-14/h4,6-7,11,15,18H,2-3,5,8-10,12H2,1H3/t15-/m1/s1. The van der Waals surface area contributed by atoms with Gasteiger partial charge in [0.15, 0.2) is 0 Å².